The molecule has 0 aromatic carbocycles. The van der Waals surface area contributed by atoms with Gasteiger partial charge in [-0.25, -0.2) is 9.78 Å². The number of aromatic nitrogens is 2. The number of hydrogen-bond donors (Lipinski definition) is 9. The van der Waals surface area contributed by atoms with Gasteiger partial charge in [-0.1, -0.05) is 13.8 Å². The zero-order valence-corrected chi connectivity index (χ0v) is 29.3. The molecule has 6 unspecified atom stereocenters. The van der Waals surface area contributed by atoms with Crippen molar-refractivity contribution in [1.29, 1.82) is 0 Å². The van der Waals surface area contributed by atoms with Crippen LogP contribution in [-0.4, -0.2) is 129 Å². The third-order valence-corrected chi connectivity index (χ3v) is 8.76. The van der Waals surface area contributed by atoms with Crippen molar-refractivity contribution in [3.05, 3.63) is 18.2 Å². The van der Waals surface area contributed by atoms with E-state index in [1.54, 1.807) is 0 Å². The molecule has 1 fully saturated rings. The van der Waals surface area contributed by atoms with Crippen molar-refractivity contribution in [1.82, 2.24) is 36.1 Å². The van der Waals surface area contributed by atoms with Crippen LogP contribution in [0.2, 0.25) is 0 Å². The SMILES string of the molecule is CSCCC(N)C(=O)NC(CCCCN)C(=O)NC(Cc1cnc[nH]1)C(=O)NC(CO)C(=O)NC(CC(C)C)C(=O)N1CCCC1C(=O)O. The molecule has 49 heavy (non-hydrogen) atoms. The van der Waals surface area contributed by atoms with Gasteiger partial charge in [-0.2, -0.15) is 11.8 Å². The number of thioether (sulfide) groups is 1. The first-order valence-corrected chi connectivity index (χ1v) is 18.0. The summed E-state index contributed by atoms with van der Waals surface area (Å²) in [6, 6.07) is -6.76. The predicted molar refractivity (Wildman–Crippen MR) is 183 cm³/mol. The number of unbranched alkanes of at least 4 members (excludes halogenated alkanes) is 1. The number of hydrogen-bond acceptors (Lipinski definition) is 11. The Labute approximate surface area is 290 Å². The lowest BCUT2D eigenvalue weighted by Gasteiger charge is -2.29. The van der Waals surface area contributed by atoms with Crippen molar-refractivity contribution in [2.24, 2.45) is 17.4 Å². The number of nitrogens with one attached hydrogen (secondary N) is 5. The van der Waals surface area contributed by atoms with Crippen LogP contribution >= 0.6 is 11.8 Å². The molecule has 0 radical (unpaired) electrons. The molecule has 0 aliphatic carbocycles. The Balaban J connectivity index is 2.23. The highest BCUT2D eigenvalue weighted by molar-refractivity contribution is 7.98. The highest BCUT2D eigenvalue weighted by atomic mass is 32.2. The molecule has 17 nitrogen and oxygen atoms in total. The van der Waals surface area contributed by atoms with Gasteiger partial charge in [-0.15, -0.1) is 0 Å². The highest BCUT2D eigenvalue weighted by Crippen LogP contribution is 2.20. The minimum atomic E-state index is -1.51. The van der Waals surface area contributed by atoms with Gasteiger partial charge in [0.1, 0.15) is 30.2 Å². The molecule has 2 rings (SSSR count). The molecule has 6 atom stereocenters. The number of aliphatic hydroxyl groups is 1. The van der Waals surface area contributed by atoms with E-state index in [1.165, 1.54) is 29.2 Å². The number of amides is 5. The van der Waals surface area contributed by atoms with E-state index in [-0.39, 0.29) is 31.7 Å². The van der Waals surface area contributed by atoms with Crippen LogP contribution in [0.25, 0.3) is 0 Å². The van der Waals surface area contributed by atoms with E-state index in [0.717, 1.165) is 0 Å². The molecule has 1 saturated heterocycles. The predicted octanol–water partition coefficient (Wildman–Crippen LogP) is -1.79. The molecule has 0 bridgehead atoms. The second-order valence-corrected chi connectivity index (χ2v) is 13.5. The third-order valence-electron chi connectivity index (χ3n) is 8.12. The van der Waals surface area contributed by atoms with Crippen LogP contribution in [0, 0.1) is 5.92 Å². The lowest BCUT2D eigenvalue weighted by molar-refractivity contribution is -0.149. The van der Waals surface area contributed by atoms with Crippen LogP contribution < -0.4 is 32.7 Å². The maximum atomic E-state index is 13.6. The van der Waals surface area contributed by atoms with Crippen LogP contribution in [0.3, 0.4) is 0 Å². The first-order valence-electron chi connectivity index (χ1n) is 16.6. The molecular formula is C31H53N9O8S. The second kappa shape index (κ2) is 21.4. The van der Waals surface area contributed by atoms with Gasteiger partial charge >= 0.3 is 5.97 Å². The fourth-order valence-corrected chi connectivity index (χ4v) is 5.92. The smallest absolute Gasteiger partial charge is 0.326 e. The lowest BCUT2D eigenvalue weighted by atomic mass is 10.0. The number of carboxylic acid groups (broad SMARTS) is 1. The molecule has 1 aliphatic heterocycles. The number of likely N-dealkylation sites (tertiary alicyclic amines) is 1. The molecule has 5 amide bonds. The second-order valence-electron chi connectivity index (χ2n) is 12.5. The highest BCUT2D eigenvalue weighted by Gasteiger charge is 2.39. The number of carbonyl (C=O) groups excluding carboxylic acids is 5. The number of nitrogens with zero attached hydrogens (tertiary/aromatic N) is 2. The van der Waals surface area contributed by atoms with Gasteiger partial charge in [0.05, 0.1) is 19.0 Å². The molecular weight excluding hydrogens is 658 g/mol. The summed E-state index contributed by atoms with van der Waals surface area (Å²) in [7, 11) is 0. The number of nitrogens with two attached hydrogens (primary N) is 2. The van der Waals surface area contributed by atoms with Crippen LogP contribution in [0.4, 0.5) is 0 Å². The number of aromatic amines is 1. The Morgan fingerprint density at radius 3 is 2.20 bits per heavy atom. The van der Waals surface area contributed by atoms with Gasteiger partial charge in [0.2, 0.25) is 29.5 Å². The van der Waals surface area contributed by atoms with Crippen molar-refractivity contribution >= 4 is 47.3 Å². The molecule has 1 aromatic rings. The molecule has 18 heteroatoms. The fraction of sp³-hybridized carbons (Fsp3) is 0.710. The molecule has 1 aromatic heterocycles. The molecule has 0 saturated carbocycles. The topological polar surface area (TPSA) is 275 Å². The van der Waals surface area contributed by atoms with Crippen LogP contribution in [0.5, 0.6) is 0 Å². The molecule has 1 aliphatic rings. The van der Waals surface area contributed by atoms with Gasteiger partial charge in [-0.3, -0.25) is 24.0 Å². The zero-order valence-electron chi connectivity index (χ0n) is 28.5. The molecule has 0 spiro atoms. The number of aliphatic hydroxyl groups excluding tert-OH is 1. The summed E-state index contributed by atoms with van der Waals surface area (Å²) >= 11 is 1.53. The summed E-state index contributed by atoms with van der Waals surface area (Å²) in [5.74, 6) is -3.96. The summed E-state index contributed by atoms with van der Waals surface area (Å²) in [5.41, 5.74) is 12.1. The van der Waals surface area contributed by atoms with Crippen molar-refractivity contribution in [2.45, 2.75) is 101 Å². The van der Waals surface area contributed by atoms with Crippen molar-refractivity contribution < 1.29 is 39.0 Å². The van der Waals surface area contributed by atoms with Gasteiger partial charge in [0, 0.05) is 24.9 Å². The van der Waals surface area contributed by atoms with E-state index in [0.29, 0.717) is 50.1 Å². The quantitative estimate of drug-likeness (QED) is 0.0604. The molecule has 11 N–H and O–H groups in total. The monoisotopic (exact) mass is 711 g/mol. The maximum absolute atomic E-state index is 13.6. The Bertz CT molecular complexity index is 1240. The van der Waals surface area contributed by atoms with E-state index >= 15 is 0 Å². The largest absolute Gasteiger partial charge is 0.480 e. The summed E-state index contributed by atoms with van der Waals surface area (Å²) in [6.07, 6.45) is 7.40. The Morgan fingerprint density at radius 1 is 0.980 bits per heavy atom. The van der Waals surface area contributed by atoms with Crippen LogP contribution in [0.1, 0.15) is 64.5 Å². The normalized spacial score (nSPS) is 17.4. The average molecular weight is 712 g/mol. The summed E-state index contributed by atoms with van der Waals surface area (Å²) < 4.78 is 0. The number of imidazole rings is 1. The van der Waals surface area contributed by atoms with E-state index < -0.39 is 78.4 Å². The van der Waals surface area contributed by atoms with Gasteiger partial charge < -0.3 is 52.8 Å². The zero-order chi connectivity index (χ0) is 36.5. The standard InChI is InChI=1S/C31H53N9O8S/c1-18(2)13-23(30(46)40-11-6-8-25(40)31(47)48)38-29(45)24(16-41)39-28(44)22(14-19-15-34-17-35-19)37-27(43)21(7-4-5-10-32)36-26(42)20(33)9-12-49-3/h15,17-18,20-25,41H,4-14,16,32-33H2,1-3H3,(H,34,35)(H,36,42)(H,37,43)(H,38,45)(H,39,44)(H,47,48). The molecule has 2 heterocycles. The van der Waals surface area contributed by atoms with Crippen LogP contribution in [0.15, 0.2) is 12.5 Å². The Hall–Kier alpha value is -3.74. The first-order chi connectivity index (χ1) is 23.3. The first kappa shape index (κ1) is 41.4. The van der Waals surface area contributed by atoms with E-state index in [9.17, 15) is 39.0 Å². The Kier molecular flexibility index (Phi) is 18.1. The Morgan fingerprint density at radius 2 is 1.61 bits per heavy atom. The number of rotatable bonds is 22. The van der Waals surface area contributed by atoms with Gasteiger partial charge in [0.25, 0.3) is 0 Å². The number of aliphatic carboxylic acids is 1. The van der Waals surface area contributed by atoms with Gasteiger partial charge in [0.15, 0.2) is 0 Å². The van der Waals surface area contributed by atoms with E-state index in [1.807, 2.05) is 20.1 Å². The summed E-state index contributed by atoms with van der Waals surface area (Å²) in [6.45, 7) is 3.45. The molecule has 276 valence electrons. The number of carboxylic acids is 1. The lowest BCUT2D eigenvalue weighted by Crippen LogP contribution is -2.60. The van der Waals surface area contributed by atoms with Crippen LogP contribution in [-0.2, 0) is 35.2 Å². The van der Waals surface area contributed by atoms with E-state index in [4.69, 9.17) is 11.5 Å². The summed E-state index contributed by atoms with van der Waals surface area (Å²) in [5, 5.41) is 30.1. The number of H-pyrrole nitrogens is 1. The average Bonchev–Trinajstić information content (AvgIpc) is 3.77. The maximum Gasteiger partial charge on any atom is 0.326 e. The minimum absolute atomic E-state index is 0.0605. The third kappa shape index (κ3) is 13.6. The van der Waals surface area contributed by atoms with Gasteiger partial charge in [-0.05, 0) is 69.4 Å². The van der Waals surface area contributed by atoms with Crippen molar-refractivity contribution in [3.63, 3.8) is 0 Å². The van der Waals surface area contributed by atoms with E-state index in [2.05, 4.69) is 31.2 Å². The fourth-order valence-electron chi connectivity index (χ4n) is 5.43. The number of carbonyl (C=O) groups is 6. The summed E-state index contributed by atoms with van der Waals surface area (Å²) in [4.78, 5) is 86.5. The van der Waals surface area contributed by atoms with Crippen molar-refractivity contribution in [3.8, 4) is 0 Å². The van der Waals surface area contributed by atoms with Crippen molar-refractivity contribution in [2.75, 3.05) is 31.7 Å². The minimum Gasteiger partial charge on any atom is -0.480 e.